The van der Waals surface area contributed by atoms with Gasteiger partial charge in [0.15, 0.2) is 7.28 Å². The normalized spacial score (nSPS) is 12.6. The van der Waals surface area contributed by atoms with E-state index in [1.807, 2.05) is 0 Å². The molecule has 3 aromatic heterocycles. The van der Waals surface area contributed by atoms with Gasteiger partial charge in [-0.3, -0.25) is 0 Å². The molecule has 1 aliphatic heterocycles. The molecule has 0 amide bonds. The summed E-state index contributed by atoms with van der Waals surface area (Å²) in [6, 6.07) is 56.3. The number of aromatic nitrogens is 2. The van der Waals surface area contributed by atoms with E-state index < -0.39 is 0 Å². The van der Waals surface area contributed by atoms with Gasteiger partial charge in [0.25, 0.3) is 0 Å². The number of nitrogens with zero attached hydrogens (tertiary/aromatic N) is 2. The summed E-state index contributed by atoms with van der Waals surface area (Å²) in [5.74, 6) is 0. The SMILES string of the molecule is Cc1ccccc1Nc1cc2c3cccc4c5ccccc5n(c2cc1-c1c2c(cc5ccccc15)-n1c5ccccc5c5cccc(c51)B2)c43. The Hall–Kier alpha value is -6.52. The van der Waals surface area contributed by atoms with Crippen LogP contribution in [0.4, 0.5) is 11.4 Å². The molecule has 0 fully saturated rings. The predicted molar refractivity (Wildman–Crippen MR) is 219 cm³/mol. The Labute approximate surface area is 294 Å². The number of hydrogen-bond donors (Lipinski definition) is 1. The van der Waals surface area contributed by atoms with Crippen molar-refractivity contribution in [1.29, 1.82) is 0 Å². The lowest BCUT2D eigenvalue weighted by atomic mass is 9.58. The molecule has 0 unspecified atom stereocenters. The van der Waals surface area contributed by atoms with Crippen LogP contribution in [-0.2, 0) is 0 Å². The number of rotatable bonds is 3. The van der Waals surface area contributed by atoms with Crippen LogP contribution >= 0.6 is 0 Å². The maximum absolute atomic E-state index is 3.98. The molecule has 1 aliphatic rings. The summed E-state index contributed by atoms with van der Waals surface area (Å²) in [4.78, 5) is 0. The summed E-state index contributed by atoms with van der Waals surface area (Å²) in [5, 5.41) is 14.3. The van der Waals surface area contributed by atoms with Crippen molar-refractivity contribution in [2.75, 3.05) is 5.32 Å². The second-order valence-corrected chi connectivity index (χ2v) is 14.2. The van der Waals surface area contributed by atoms with Crippen molar-refractivity contribution >= 4 is 100 Å². The van der Waals surface area contributed by atoms with Crippen molar-refractivity contribution in [2.24, 2.45) is 0 Å². The summed E-state index contributed by atoms with van der Waals surface area (Å²) in [6.45, 7) is 2.19. The fraction of sp³-hybridized carbons (Fsp3) is 0.0213. The van der Waals surface area contributed by atoms with Crippen molar-refractivity contribution < 1.29 is 0 Å². The Morgan fingerprint density at radius 1 is 0.490 bits per heavy atom. The van der Waals surface area contributed by atoms with Gasteiger partial charge in [-0.05, 0) is 70.7 Å². The third-order valence-electron chi connectivity index (χ3n) is 11.6. The van der Waals surface area contributed by atoms with Crippen molar-refractivity contribution in [1.82, 2.24) is 8.97 Å². The number of para-hydroxylation sites is 5. The van der Waals surface area contributed by atoms with Crippen molar-refractivity contribution in [3.63, 3.8) is 0 Å². The van der Waals surface area contributed by atoms with Gasteiger partial charge in [-0.1, -0.05) is 121 Å². The number of hydrogen-bond acceptors (Lipinski definition) is 1. The molecule has 236 valence electrons. The largest absolute Gasteiger partial charge is 0.355 e. The fourth-order valence-corrected chi connectivity index (χ4v) is 9.38. The first-order valence-corrected chi connectivity index (χ1v) is 17.8. The quantitative estimate of drug-likeness (QED) is 0.189. The average Bonchev–Trinajstić information content (AvgIpc) is 3.81. The van der Waals surface area contributed by atoms with Crippen LogP contribution in [0.3, 0.4) is 0 Å². The first-order valence-electron chi connectivity index (χ1n) is 17.8. The zero-order valence-electron chi connectivity index (χ0n) is 28.0. The minimum absolute atomic E-state index is 0.862. The smallest absolute Gasteiger partial charge is 0.198 e. The highest BCUT2D eigenvalue weighted by Gasteiger charge is 2.28. The molecule has 0 radical (unpaired) electrons. The molecule has 0 spiro atoms. The van der Waals surface area contributed by atoms with Crippen LogP contribution in [0.2, 0.25) is 0 Å². The lowest BCUT2D eigenvalue weighted by Crippen LogP contribution is -2.37. The van der Waals surface area contributed by atoms with E-state index in [2.05, 4.69) is 173 Å². The summed E-state index contributed by atoms with van der Waals surface area (Å²) in [6.07, 6.45) is 0. The van der Waals surface area contributed by atoms with Crippen molar-refractivity contribution in [3.05, 3.63) is 157 Å². The van der Waals surface area contributed by atoms with Gasteiger partial charge < -0.3 is 14.3 Å². The van der Waals surface area contributed by atoms with Crippen LogP contribution in [0.25, 0.3) is 87.5 Å². The Kier molecular flexibility index (Phi) is 5.25. The molecular weight excluding hydrogens is 617 g/mol. The molecule has 4 heterocycles. The van der Waals surface area contributed by atoms with Gasteiger partial charge in [0.2, 0.25) is 0 Å². The molecule has 11 aromatic rings. The third kappa shape index (κ3) is 3.54. The molecule has 0 aliphatic carbocycles. The Balaban J connectivity index is 1.26. The molecular formula is C47H30BN3. The van der Waals surface area contributed by atoms with E-state index in [-0.39, 0.29) is 0 Å². The standard InChI is InChI=1S/C47H30BN3/c1-27-12-2-7-21-38(27)49-39-25-35-34-18-10-17-32-30-15-5-8-22-40(30)50(46(32)34)42(35)26-36(39)44-29-14-4-3-13-28(29)24-43-45(44)48-37-20-11-19-33-31-16-6-9-23-41(31)51(43)47(33)37/h2-26,48-49H,1H3. The van der Waals surface area contributed by atoms with Gasteiger partial charge >= 0.3 is 0 Å². The Morgan fingerprint density at radius 3 is 1.98 bits per heavy atom. The molecule has 4 heteroatoms. The number of aryl methyl sites for hydroxylation is 1. The molecule has 0 bridgehead atoms. The summed E-state index contributed by atoms with van der Waals surface area (Å²) < 4.78 is 5.04. The zero-order chi connectivity index (χ0) is 33.4. The van der Waals surface area contributed by atoms with Crippen LogP contribution in [0.5, 0.6) is 0 Å². The summed E-state index contributed by atoms with van der Waals surface area (Å²) >= 11 is 0. The first kappa shape index (κ1) is 27.3. The molecule has 0 atom stereocenters. The lowest BCUT2D eigenvalue weighted by Gasteiger charge is -2.26. The van der Waals surface area contributed by atoms with Gasteiger partial charge in [0, 0.05) is 60.5 Å². The van der Waals surface area contributed by atoms with E-state index >= 15 is 0 Å². The van der Waals surface area contributed by atoms with E-state index in [1.165, 1.54) is 104 Å². The van der Waals surface area contributed by atoms with Gasteiger partial charge in [0.1, 0.15) is 0 Å². The van der Waals surface area contributed by atoms with Crippen molar-refractivity contribution in [3.8, 4) is 16.8 Å². The lowest BCUT2D eigenvalue weighted by molar-refractivity contribution is 1.20. The molecule has 51 heavy (non-hydrogen) atoms. The third-order valence-corrected chi connectivity index (χ3v) is 11.6. The highest BCUT2D eigenvalue weighted by atomic mass is 15.0. The molecule has 3 nitrogen and oxygen atoms in total. The summed E-state index contributed by atoms with van der Waals surface area (Å²) in [7, 11) is 0.862. The highest BCUT2D eigenvalue weighted by molar-refractivity contribution is 6.74. The van der Waals surface area contributed by atoms with E-state index in [1.54, 1.807) is 0 Å². The topological polar surface area (TPSA) is 21.4 Å². The highest BCUT2D eigenvalue weighted by Crippen LogP contribution is 2.45. The average molecular weight is 648 g/mol. The fourth-order valence-electron chi connectivity index (χ4n) is 9.38. The van der Waals surface area contributed by atoms with Gasteiger partial charge in [0.05, 0.1) is 22.1 Å². The molecule has 1 N–H and O–H groups in total. The Bertz CT molecular complexity index is 3270. The van der Waals surface area contributed by atoms with Crippen LogP contribution in [-0.4, -0.2) is 16.2 Å². The molecule has 0 saturated carbocycles. The van der Waals surface area contributed by atoms with Crippen LogP contribution in [0, 0.1) is 6.92 Å². The van der Waals surface area contributed by atoms with Gasteiger partial charge in [-0.15, -0.1) is 0 Å². The van der Waals surface area contributed by atoms with Gasteiger partial charge in [-0.2, -0.15) is 0 Å². The minimum Gasteiger partial charge on any atom is -0.355 e. The molecule has 8 aromatic carbocycles. The zero-order valence-corrected chi connectivity index (χ0v) is 28.0. The first-order chi connectivity index (χ1) is 25.2. The second-order valence-electron chi connectivity index (χ2n) is 14.2. The van der Waals surface area contributed by atoms with Gasteiger partial charge in [-0.25, -0.2) is 0 Å². The van der Waals surface area contributed by atoms with E-state index in [0.29, 0.717) is 0 Å². The summed E-state index contributed by atoms with van der Waals surface area (Å²) in [5.41, 5.74) is 16.3. The molecule has 0 saturated heterocycles. The van der Waals surface area contributed by atoms with E-state index in [9.17, 15) is 0 Å². The number of benzene rings is 8. The van der Waals surface area contributed by atoms with E-state index in [4.69, 9.17) is 0 Å². The van der Waals surface area contributed by atoms with Crippen LogP contribution in [0.15, 0.2) is 152 Å². The van der Waals surface area contributed by atoms with Crippen LogP contribution < -0.4 is 16.2 Å². The minimum atomic E-state index is 0.862. The van der Waals surface area contributed by atoms with Crippen LogP contribution in [0.1, 0.15) is 5.56 Å². The predicted octanol–water partition coefficient (Wildman–Crippen LogP) is 10.5. The number of nitrogens with one attached hydrogen (secondary N) is 1. The number of fused-ring (bicyclic) bond motifs is 12. The second kappa shape index (κ2) is 9.80. The van der Waals surface area contributed by atoms with Crippen molar-refractivity contribution in [2.45, 2.75) is 6.92 Å². The van der Waals surface area contributed by atoms with E-state index in [0.717, 1.165) is 18.7 Å². The maximum Gasteiger partial charge on any atom is 0.198 e. The Morgan fingerprint density at radius 2 is 1.14 bits per heavy atom. The maximum atomic E-state index is 3.98. The molecule has 12 rings (SSSR count). The number of anilines is 2. The monoisotopic (exact) mass is 647 g/mol.